The van der Waals surface area contributed by atoms with Crippen molar-refractivity contribution in [1.29, 1.82) is 0 Å². The molecule has 1 saturated heterocycles. The zero-order chi connectivity index (χ0) is 19.0. The maximum absolute atomic E-state index is 6.18. The summed E-state index contributed by atoms with van der Waals surface area (Å²) in [6, 6.07) is 9.93. The maximum atomic E-state index is 6.18. The fraction of sp³-hybridized carbons (Fsp3) is 0.600. The highest BCUT2D eigenvalue weighted by Crippen LogP contribution is 2.39. The van der Waals surface area contributed by atoms with Crippen LogP contribution in [0.5, 0.6) is 0 Å². The van der Waals surface area contributed by atoms with Gasteiger partial charge in [0, 0.05) is 14.2 Å². The maximum Gasteiger partial charge on any atom is 0.220 e. The van der Waals surface area contributed by atoms with Crippen molar-refractivity contribution in [2.75, 3.05) is 34.0 Å². The fourth-order valence-electron chi connectivity index (χ4n) is 2.79. The summed E-state index contributed by atoms with van der Waals surface area (Å²) < 4.78 is 34.7. The average molecular weight is 364 g/mol. The van der Waals surface area contributed by atoms with E-state index in [9.17, 15) is 0 Å². The molecule has 1 heterocycles. The van der Waals surface area contributed by atoms with Crippen LogP contribution in [0.25, 0.3) is 0 Å². The lowest BCUT2D eigenvalue weighted by atomic mass is 10.0. The number of benzene rings is 1. The lowest BCUT2D eigenvalue weighted by Gasteiger charge is -2.51. The van der Waals surface area contributed by atoms with Gasteiger partial charge >= 0.3 is 0 Å². The molecule has 2 rings (SSSR count). The molecule has 0 bridgehead atoms. The Morgan fingerprint density at radius 3 is 2.00 bits per heavy atom. The minimum absolute atomic E-state index is 0.197. The Hall–Kier alpha value is -1.46. The van der Waals surface area contributed by atoms with Gasteiger partial charge in [-0.2, -0.15) is 0 Å². The van der Waals surface area contributed by atoms with E-state index in [1.165, 1.54) is 0 Å². The standard InChI is InChI=1S/C20H28O6/c1-6-12-23-14-17-18(15-24-13-16-10-8-7-9-11-16)26-20(3,22-5)19(2,21-4)25-17/h1,7-11,17-18H,12-15H2,2-5H3/t17-,18-,19+,20+/m0/s1. The van der Waals surface area contributed by atoms with Gasteiger partial charge in [0.2, 0.25) is 11.6 Å². The monoisotopic (exact) mass is 364 g/mol. The Balaban J connectivity index is 2.04. The number of ether oxygens (including phenoxy) is 6. The van der Waals surface area contributed by atoms with Crippen LogP contribution in [-0.4, -0.2) is 57.8 Å². The first-order valence-corrected chi connectivity index (χ1v) is 8.57. The first-order valence-electron chi connectivity index (χ1n) is 8.57. The minimum Gasteiger partial charge on any atom is -0.374 e. The van der Waals surface area contributed by atoms with Crippen molar-refractivity contribution in [3.8, 4) is 12.3 Å². The third-order valence-electron chi connectivity index (χ3n) is 4.63. The van der Waals surface area contributed by atoms with E-state index >= 15 is 0 Å². The molecule has 0 amide bonds. The van der Waals surface area contributed by atoms with Crippen molar-refractivity contribution in [1.82, 2.24) is 0 Å². The molecular weight excluding hydrogens is 336 g/mol. The molecule has 6 nitrogen and oxygen atoms in total. The van der Waals surface area contributed by atoms with Crippen LogP contribution in [0, 0.1) is 12.3 Å². The summed E-state index contributed by atoms with van der Waals surface area (Å²) in [7, 11) is 3.10. The Morgan fingerprint density at radius 1 is 0.962 bits per heavy atom. The molecule has 1 aliphatic heterocycles. The predicted molar refractivity (Wildman–Crippen MR) is 96.3 cm³/mol. The van der Waals surface area contributed by atoms with Gasteiger partial charge in [-0.1, -0.05) is 36.3 Å². The third kappa shape index (κ3) is 4.83. The van der Waals surface area contributed by atoms with E-state index in [0.29, 0.717) is 13.2 Å². The normalized spacial score (nSPS) is 31.5. The van der Waals surface area contributed by atoms with E-state index in [1.807, 2.05) is 30.3 Å². The molecule has 0 radical (unpaired) electrons. The topological polar surface area (TPSA) is 55.4 Å². The van der Waals surface area contributed by atoms with Gasteiger partial charge in [-0.25, -0.2) is 0 Å². The van der Waals surface area contributed by atoms with Gasteiger partial charge in [-0.15, -0.1) is 6.42 Å². The van der Waals surface area contributed by atoms with Crippen molar-refractivity contribution in [2.24, 2.45) is 0 Å². The number of methoxy groups -OCH3 is 2. The SMILES string of the molecule is C#CCOC[C@@H]1O[C@@](C)(OC)[C@](C)(OC)O[C@H]1COCc1ccccc1. The molecule has 0 aromatic heterocycles. The van der Waals surface area contributed by atoms with Crippen LogP contribution in [0.3, 0.4) is 0 Å². The highest BCUT2D eigenvalue weighted by molar-refractivity contribution is 5.13. The molecule has 0 aliphatic carbocycles. The molecule has 0 spiro atoms. The van der Waals surface area contributed by atoms with Gasteiger partial charge in [0.1, 0.15) is 18.8 Å². The van der Waals surface area contributed by atoms with Crippen molar-refractivity contribution >= 4 is 0 Å². The van der Waals surface area contributed by atoms with Gasteiger partial charge in [-0.05, 0) is 19.4 Å². The van der Waals surface area contributed by atoms with E-state index in [1.54, 1.807) is 28.1 Å². The van der Waals surface area contributed by atoms with Crippen LogP contribution in [-0.2, 0) is 35.0 Å². The molecule has 0 unspecified atom stereocenters. The van der Waals surface area contributed by atoms with Crippen LogP contribution < -0.4 is 0 Å². The van der Waals surface area contributed by atoms with Gasteiger partial charge < -0.3 is 28.4 Å². The number of hydrogen-bond donors (Lipinski definition) is 0. The fourth-order valence-corrected chi connectivity index (χ4v) is 2.79. The Kier molecular flexibility index (Phi) is 7.59. The Morgan fingerprint density at radius 2 is 1.50 bits per heavy atom. The second-order valence-corrected chi connectivity index (χ2v) is 6.33. The first kappa shape index (κ1) is 20.8. The minimum atomic E-state index is -1.10. The molecular formula is C20H28O6. The van der Waals surface area contributed by atoms with Crippen molar-refractivity contribution < 1.29 is 28.4 Å². The summed E-state index contributed by atoms with van der Waals surface area (Å²) in [6.45, 7) is 4.80. The predicted octanol–water partition coefficient (Wildman–Crippen LogP) is 2.36. The summed E-state index contributed by atoms with van der Waals surface area (Å²) in [5.41, 5.74) is 1.08. The molecule has 1 fully saturated rings. The van der Waals surface area contributed by atoms with Crippen LogP contribution in [0.15, 0.2) is 30.3 Å². The molecule has 144 valence electrons. The van der Waals surface area contributed by atoms with Gasteiger partial charge in [0.15, 0.2) is 0 Å². The van der Waals surface area contributed by atoms with Crippen molar-refractivity contribution in [3.63, 3.8) is 0 Å². The van der Waals surface area contributed by atoms with E-state index in [4.69, 9.17) is 34.8 Å². The zero-order valence-corrected chi connectivity index (χ0v) is 15.9. The van der Waals surface area contributed by atoms with E-state index < -0.39 is 23.8 Å². The third-order valence-corrected chi connectivity index (χ3v) is 4.63. The molecule has 0 N–H and O–H groups in total. The van der Waals surface area contributed by atoms with Crippen LogP contribution in [0.4, 0.5) is 0 Å². The quantitative estimate of drug-likeness (QED) is 0.495. The first-order chi connectivity index (χ1) is 12.5. The Bertz CT molecular complexity index is 586. The second kappa shape index (κ2) is 9.47. The zero-order valence-electron chi connectivity index (χ0n) is 15.9. The summed E-state index contributed by atoms with van der Waals surface area (Å²) in [6.07, 6.45) is 4.44. The van der Waals surface area contributed by atoms with E-state index in [-0.39, 0.29) is 13.2 Å². The summed E-state index contributed by atoms with van der Waals surface area (Å²) in [4.78, 5) is 0. The van der Waals surface area contributed by atoms with Gasteiger partial charge in [0.25, 0.3) is 0 Å². The van der Waals surface area contributed by atoms with Gasteiger partial charge in [-0.3, -0.25) is 0 Å². The largest absolute Gasteiger partial charge is 0.374 e. The molecule has 4 atom stereocenters. The molecule has 0 saturated carbocycles. The summed E-state index contributed by atoms with van der Waals surface area (Å²) in [5.74, 6) is 0.256. The highest BCUT2D eigenvalue weighted by Gasteiger charge is 2.56. The molecule has 26 heavy (non-hydrogen) atoms. The molecule has 1 aliphatic rings. The van der Waals surface area contributed by atoms with Crippen LogP contribution in [0.1, 0.15) is 19.4 Å². The number of hydrogen-bond acceptors (Lipinski definition) is 6. The van der Waals surface area contributed by atoms with E-state index in [0.717, 1.165) is 5.56 Å². The van der Waals surface area contributed by atoms with Crippen LogP contribution in [0.2, 0.25) is 0 Å². The smallest absolute Gasteiger partial charge is 0.220 e. The highest BCUT2D eigenvalue weighted by atomic mass is 16.8. The van der Waals surface area contributed by atoms with E-state index in [2.05, 4.69) is 5.92 Å². The summed E-state index contributed by atoms with van der Waals surface area (Å²) >= 11 is 0. The Labute approximate surface area is 155 Å². The summed E-state index contributed by atoms with van der Waals surface area (Å²) in [5, 5.41) is 0. The lowest BCUT2D eigenvalue weighted by Crippen LogP contribution is -2.66. The molecule has 1 aromatic rings. The van der Waals surface area contributed by atoms with Gasteiger partial charge in [0.05, 0.1) is 19.8 Å². The average Bonchev–Trinajstić information content (AvgIpc) is 2.66. The molecule has 6 heteroatoms. The van der Waals surface area contributed by atoms with Crippen molar-refractivity contribution in [2.45, 2.75) is 44.2 Å². The second-order valence-electron chi connectivity index (χ2n) is 6.33. The lowest BCUT2D eigenvalue weighted by molar-refractivity contribution is -0.452. The van der Waals surface area contributed by atoms with Crippen LogP contribution >= 0.6 is 0 Å². The molecule has 1 aromatic carbocycles. The number of rotatable bonds is 9. The number of terminal acetylenes is 1. The van der Waals surface area contributed by atoms with Crippen molar-refractivity contribution in [3.05, 3.63) is 35.9 Å².